The van der Waals surface area contributed by atoms with Gasteiger partial charge in [0.15, 0.2) is 0 Å². The summed E-state index contributed by atoms with van der Waals surface area (Å²) >= 11 is 0. The molecule has 1 aliphatic rings. The Hall–Kier alpha value is -1.36. The van der Waals surface area contributed by atoms with Crippen molar-refractivity contribution in [3.05, 3.63) is 17.7 Å². The van der Waals surface area contributed by atoms with Crippen molar-refractivity contribution in [1.29, 1.82) is 0 Å². The third kappa shape index (κ3) is 1.77. The monoisotopic (exact) mass is 194 g/mol. The van der Waals surface area contributed by atoms with Crippen LogP contribution in [0.1, 0.15) is 35.1 Å². The molecule has 76 valence electrons. The van der Waals surface area contributed by atoms with Crippen molar-refractivity contribution in [3.8, 4) is 0 Å². The molecule has 1 fully saturated rings. The first-order valence-corrected chi connectivity index (χ1v) is 4.83. The van der Waals surface area contributed by atoms with Crippen molar-refractivity contribution in [2.45, 2.75) is 18.8 Å². The maximum absolute atomic E-state index is 10.8. The van der Waals surface area contributed by atoms with Crippen LogP contribution in [-0.2, 0) is 0 Å². The zero-order chi connectivity index (χ0) is 9.97. The van der Waals surface area contributed by atoms with E-state index >= 15 is 0 Å². The summed E-state index contributed by atoms with van der Waals surface area (Å²) in [5, 5.41) is 3.30. The minimum atomic E-state index is -0.451. The van der Waals surface area contributed by atoms with Crippen LogP contribution in [0.4, 0.5) is 0 Å². The minimum Gasteiger partial charge on any atom is -0.364 e. The van der Waals surface area contributed by atoms with E-state index < -0.39 is 5.91 Å². The first kappa shape index (κ1) is 9.21. The molecule has 1 saturated heterocycles. The van der Waals surface area contributed by atoms with Crippen molar-refractivity contribution >= 4 is 5.91 Å². The Balaban J connectivity index is 2.11. The topological polar surface area (TPSA) is 83.8 Å². The summed E-state index contributed by atoms with van der Waals surface area (Å²) in [7, 11) is 0. The molecular formula is C9H14N4O. The third-order valence-corrected chi connectivity index (χ3v) is 2.54. The van der Waals surface area contributed by atoms with Gasteiger partial charge in [-0.15, -0.1) is 0 Å². The lowest BCUT2D eigenvalue weighted by molar-refractivity contribution is 0.0996. The first-order valence-electron chi connectivity index (χ1n) is 4.83. The number of H-pyrrole nitrogens is 1. The molecule has 0 aromatic carbocycles. The van der Waals surface area contributed by atoms with Gasteiger partial charge in [0.05, 0.1) is 6.20 Å². The molecule has 5 nitrogen and oxygen atoms in total. The Morgan fingerprint density at radius 2 is 2.50 bits per heavy atom. The van der Waals surface area contributed by atoms with Crippen molar-refractivity contribution in [3.63, 3.8) is 0 Å². The van der Waals surface area contributed by atoms with E-state index in [1.165, 1.54) is 6.20 Å². The summed E-state index contributed by atoms with van der Waals surface area (Å²) in [6.45, 7) is 1.99. The second-order valence-electron chi connectivity index (χ2n) is 3.59. The molecule has 1 amide bonds. The molecule has 1 aromatic heterocycles. The predicted molar refractivity (Wildman–Crippen MR) is 52.0 cm³/mol. The maximum Gasteiger partial charge on any atom is 0.266 e. The maximum atomic E-state index is 10.8. The molecule has 1 aliphatic heterocycles. The van der Waals surface area contributed by atoms with E-state index in [0.717, 1.165) is 31.8 Å². The van der Waals surface area contributed by atoms with E-state index in [1.54, 1.807) is 0 Å². The molecule has 0 aliphatic carbocycles. The number of hydrogen-bond donors (Lipinski definition) is 3. The van der Waals surface area contributed by atoms with Crippen LogP contribution in [0.25, 0.3) is 0 Å². The van der Waals surface area contributed by atoms with Crippen LogP contribution in [0.5, 0.6) is 0 Å². The summed E-state index contributed by atoms with van der Waals surface area (Å²) in [6.07, 6.45) is 3.77. The number of piperidine rings is 1. The van der Waals surface area contributed by atoms with Crippen LogP contribution in [0, 0.1) is 0 Å². The van der Waals surface area contributed by atoms with E-state index in [4.69, 9.17) is 5.73 Å². The minimum absolute atomic E-state index is 0.386. The Labute approximate surface area is 82.1 Å². The summed E-state index contributed by atoms with van der Waals surface area (Å²) in [4.78, 5) is 18.0. The number of rotatable bonds is 2. The lowest BCUT2D eigenvalue weighted by Crippen LogP contribution is -2.29. The fraction of sp³-hybridized carbons (Fsp3) is 0.556. The molecular weight excluding hydrogens is 180 g/mol. The smallest absolute Gasteiger partial charge is 0.266 e. The number of aromatic amines is 1. The molecule has 14 heavy (non-hydrogen) atoms. The van der Waals surface area contributed by atoms with Crippen LogP contribution in [-0.4, -0.2) is 29.0 Å². The van der Waals surface area contributed by atoms with Crippen LogP contribution >= 0.6 is 0 Å². The number of amides is 1. The molecule has 0 saturated carbocycles. The number of nitrogens with zero attached hydrogens (tertiary/aromatic N) is 1. The molecule has 1 atom stereocenters. The van der Waals surface area contributed by atoms with Gasteiger partial charge in [-0.3, -0.25) is 4.79 Å². The summed E-state index contributed by atoms with van der Waals surface area (Å²) < 4.78 is 0. The van der Waals surface area contributed by atoms with E-state index in [0.29, 0.717) is 11.6 Å². The van der Waals surface area contributed by atoms with Gasteiger partial charge in [0, 0.05) is 12.5 Å². The van der Waals surface area contributed by atoms with E-state index in [9.17, 15) is 4.79 Å². The molecule has 0 spiro atoms. The number of primary amides is 1. The zero-order valence-corrected chi connectivity index (χ0v) is 7.92. The summed E-state index contributed by atoms with van der Waals surface area (Å²) in [5.41, 5.74) is 5.52. The molecule has 0 radical (unpaired) electrons. The fourth-order valence-electron chi connectivity index (χ4n) is 1.75. The van der Waals surface area contributed by atoms with Gasteiger partial charge in [0.1, 0.15) is 11.5 Å². The molecule has 1 aromatic rings. The zero-order valence-electron chi connectivity index (χ0n) is 7.92. The SMILES string of the molecule is NC(=O)c1cnc([C@@H]2CCCNC2)[nH]1. The highest BCUT2D eigenvalue weighted by molar-refractivity contribution is 5.90. The highest BCUT2D eigenvalue weighted by Crippen LogP contribution is 2.19. The Kier molecular flexibility index (Phi) is 2.49. The van der Waals surface area contributed by atoms with Crippen molar-refractivity contribution in [2.75, 3.05) is 13.1 Å². The summed E-state index contributed by atoms with van der Waals surface area (Å²) in [6, 6.07) is 0. The van der Waals surface area contributed by atoms with Crippen molar-refractivity contribution in [1.82, 2.24) is 15.3 Å². The van der Waals surface area contributed by atoms with Gasteiger partial charge >= 0.3 is 0 Å². The Bertz CT molecular complexity index is 327. The van der Waals surface area contributed by atoms with E-state index in [1.807, 2.05) is 0 Å². The Morgan fingerprint density at radius 3 is 3.07 bits per heavy atom. The van der Waals surface area contributed by atoms with Crippen LogP contribution in [0.3, 0.4) is 0 Å². The second kappa shape index (κ2) is 3.79. The van der Waals surface area contributed by atoms with E-state index in [2.05, 4.69) is 15.3 Å². The number of nitrogens with one attached hydrogen (secondary N) is 2. The van der Waals surface area contributed by atoms with Gasteiger partial charge in [0.2, 0.25) is 0 Å². The normalized spacial score (nSPS) is 22.1. The highest BCUT2D eigenvalue weighted by Gasteiger charge is 2.18. The standard InChI is InChI=1S/C9H14N4O/c10-8(14)7-5-12-9(13-7)6-2-1-3-11-4-6/h5-6,11H,1-4H2,(H2,10,14)(H,12,13)/t6-/m1/s1. The lowest BCUT2D eigenvalue weighted by atomic mass is 9.99. The van der Waals surface area contributed by atoms with Gasteiger partial charge < -0.3 is 16.0 Å². The number of carbonyl (C=O) groups excluding carboxylic acids is 1. The quantitative estimate of drug-likeness (QED) is 0.618. The first-order chi connectivity index (χ1) is 6.77. The molecule has 2 heterocycles. The Morgan fingerprint density at radius 1 is 1.64 bits per heavy atom. The van der Waals surface area contributed by atoms with Crippen molar-refractivity contribution in [2.24, 2.45) is 5.73 Å². The number of carbonyl (C=O) groups is 1. The number of hydrogen-bond acceptors (Lipinski definition) is 3. The average Bonchev–Trinajstić information content (AvgIpc) is 2.68. The van der Waals surface area contributed by atoms with E-state index in [-0.39, 0.29) is 0 Å². The lowest BCUT2D eigenvalue weighted by Gasteiger charge is -2.20. The van der Waals surface area contributed by atoms with Gasteiger partial charge in [-0.1, -0.05) is 0 Å². The summed E-state index contributed by atoms with van der Waals surface area (Å²) in [5.74, 6) is 0.801. The molecule has 0 unspecified atom stereocenters. The number of aromatic nitrogens is 2. The average molecular weight is 194 g/mol. The van der Waals surface area contributed by atoms with Crippen molar-refractivity contribution < 1.29 is 4.79 Å². The van der Waals surface area contributed by atoms with Crippen LogP contribution in [0.2, 0.25) is 0 Å². The number of imidazole rings is 1. The predicted octanol–water partition coefficient (Wildman–Crippen LogP) is -0.0244. The second-order valence-corrected chi connectivity index (χ2v) is 3.59. The van der Waals surface area contributed by atoms with Gasteiger partial charge in [0.25, 0.3) is 5.91 Å². The van der Waals surface area contributed by atoms with Gasteiger partial charge in [-0.05, 0) is 19.4 Å². The van der Waals surface area contributed by atoms with Crippen LogP contribution < -0.4 is 11.1 Å². The number of nitrogens with two attached hydrogens (primary N) is 1. The molecule has 2 rings (SSSR count). The van der Waals surface area contributed by atoms with Gasteiger partial charge in [-0.25, -0.2) is 4.98 Å². The third-order valence-electron chi connectivity index (χ3n) is 2.54. The largest absolute Gasteiger partial charge is 0.364 e. The molecule has 4 N–H and O–H groups in total. The highest BCUT2D eigenvalue weighted by atomic mass is 16.1. The fourth-order valence-corrected chi connectivity index (χ4v) is 1.75. The molecule has 5 heteroatoms. The van der Waals surface area contributed by atoms with Gasteiger partial charge in [-0.2, -0.15) is 0 Å². The molecule has 0 bridgehead atoms. The van der Waals surface area contributed by atoms with Crippen LogP contribution in [0.15, 0.2) is 6.20 Å².